The van der Waals surface area contributed by atoms with E-state index in [0.717, 1.165) is 0 Å². The van der Waals surface area contributed by atoms with Gasteiger partial charge in [0.2, 0.25) is 0 Å². The van der Waals surface area contributed by atoms with E-state index in [1.807, 2.05) is 0 Å². The molecule has 0 saturated carbocycles. The van der Waals surface area contributed by atoms with Crippen LogP contribution in [0.5, 0.6) is 11.5 Å². The molecule has 82 valence electrons. The highest BCUT2D eigenvalue weighted by atomic mass is 16.5. The summed E-state index contributed by atoms with van der Waals surface area (Å²) in [4.78, 5) is 11.5. The number of rotatable bonds is 5. The lowest BCUT2D eigenvalue weighted by Crippen LogP contribution is -2.02. The Kier molecular flexibility index (Phi) is 4.12. The Morgan fingerprint density at radius 1 is 1.20 bits per heavy atom. The molecule has 0 atom stereocenters. The van der Waals surface area contributed by atoms with Crippen molar-refractivity contribution < 1.29 is 19.4 Å². The van der Waals surface area contributed by atoms with Gasteiger partial charge in [-0.05, 0) is 12.1 Å². The number of carbonyl (C=O) groups is 1. The Labute approximate surface area is 88.4 Å². The molecule has 0 aliphatic rings. The number of carbonyl (C=O) groups excluding carboxylic acids is 1. The number of hydrogen-bond donors (Lipinski definition) is 1. The van der Waals surface area contributed by atoms with Crippen LogP contribution in [0.15, 0.2) is 18.2 Å². The third kappa shape index (κ3) is 2.95. The number of ether oxygens (including phenoxy) is 2. The number of ketones is 1. The van der Waals surface area contributed by atoms with Gasteiger partial charge in [0.1, 0.15) is 11.5 Å². The summed E-state index contributed by atoms with van der Waals surface area (Å²) in [6, 6.07) is 4.94. The zero-order valence-electron chi connectivity index (χ0n) is 8.82. The fourth-order valence-corrected chi connectivity index (χ4v) is 1.21. The minimum atomic E-state index is -0.154. The van der Waals surface area contributed by atoms with Gasteiger partial charge in [0.15, 0.2) is 5.78 Å². The molecule has 0 aliphatic heterocycles. The SMILES string of the molecule is COc1cc(OC)cc(C(=O)CCO)c1. The van der Waals surface area contributed by atoms with Crippen LogP contribution >= 0.6 is 0 Å². The Morgan fingerprint density at radius 3 is 2.13 bits per heavy atom. The molecular formula is C11H14O4. The van der Waals surface area contributed by atoms with E-state index in [2.05, 4.69) is 0 Å². The van der Waals surface area contributed by atoms with Crippen LogP contribution in [0.4, 0.5) is 0 Å². The summed E-state index contributed by atoms with van der Waals surface area (Å²) >= 11 is 0. The van der Waals surface area contributed by atoms with Crippen molar-refractivity contribution in [3.8, 4) is 11.5 Å². The van der Waals surface area contributed by atoms with Gasteiger partial charge in [0.25, 0.3) is 0 Å². The van der Waals surface area contributed by atoms with Crippen molar-refractivity contribution in [3.63, 3.8) is 0 Å². The number of Topliss-reactive ketones (excluding diaryl/α,β-unsaturated/α-hetero) is 1. The number of benzene rings is 1. The molecule has 4 heteroatoms. The van der Waals surface area contributed by atoms with Crippen LogP contribution in [0.2, 0.25) is 0 Å². The largest absolute Gasteiger partial charge is 0.497 e. The van der Waals surface area contributed by atoms with Crippen LogP contribution in [0, 0.1) is 0 Å². The van der Waals surface area contributed by atoms with E-state index in [-0.39, 0.29) is 18.8 Å². The fraction of sp³-hybridized carbons (Fsp3) is 0.364. The normalized spacial score (nSPS) is 9.80. The van der Waals surface area contributed by atoms with Crippen LogP contribution in [0.25, 0.3) is 0 Å². The predicted octanol–water partition coefficient (Wildman–Crippen LogP) is 1.27. The van der Waals surface area contributed by atoms with Crippen molar-refractivity contribution in [2.24, 2.45) is 0 Å². The van der Waals surface area contributed by atoms with Crippen molar-refractivity contribution in [2.45, 2.75) is 6.42 Å². The molecule has 0 aliphatic carbocycles. The standard InChI is InChI=1S/C11H14O4/c1-14-9-5-8(11(13)3-4-12)6-10(7-9)15-2/h5-7,12H,3-4H2,1-2H3. The van der Waals surface area contributed by atoms with E-state index in [9.17, 15) is 4.79 Å². The van der Waals surface area contributed by atoms with E-state index in [1.165, 1.54) is 14.2 Å². The van der Waals surface area contributed by atoms with Gasteiger partial charge in [-0.25, -0.2) is 0 Å². The second kappa shape index (κ2) is 5.36. The van der Waals surface area contributed by atoms with Gasteiger partial charge in [-0.3, -0.25) is 4.79 Å². The van der Waals surface area contributed by atoms with Gasteiger partial charge < -0.3 is 14.6 Å². The summed E-state index contributed by atoms with van der Waals surface area (Å²) in [5, 5.41) is 8.67. The number of hydrogen-bond acceptors (Lipinski definition) is 4. The van der Waals surface area contributed by atoms with Gasteiger partial charge in [-0.15, -0.1) is 0 Å². The Bertz CT molecular complexity index is 324. The molecule has 1 aromatic rings. The summed E-state index contributed by atoms with van der Waals surface area (Å²) < 4.78 is 10.1. The molecule has 0 spiro atoms. The minimum absolute atomic E-state index is 0.107. The van der Waals surface area contributed by atoms with Crippen molar-refractivity contribution in [2.75, 3.05) is 20.8 Å². The maximum absolute atomic E-state index is 11.5. The van der Waals surface area contributed by atoms with Crippen molar-refractivity contribution >= 4 is 5.78 Å². The first-order valence-corrected chi connectivity index (χ1v) is 4.58. The minimum Gasteiger partial charge on any atom is -0.497 e. The van der Waals surface area contributed by atoms with Gasteiger partial charge in [0.05, 0.1) is 20.8 Å². The van der Waals surface area contributed by atoms with Crippen molar-refractivity contribution in [1.82, 2.24) is 0 Å². The molecule has 15 heavy (non-hydrogen) atoms. The Hall–Kier alpha value is -1.55. The molecule has 0 radical (unpaired) electrons. The number of methoxy groups -OCH3 is 2. The van der Waals surface area contributed by atoms with E-state index >= 15 is 0 Å². The Balaban J connectivity index is 3.01. The second-order valence-corrected chi connectivity index (χ2v) is 3.00. The Morgan fingerprint density at radius 2 is 1.73 bits per heavy atom. The van der Waals surface area contributed by atoms with E-state index in [0.29, 0.717) is 17.1 Å². The summed E-state index contributed by atoms with van der Waals surface area (Å²) in [6.45, 7) is -0.154. The van der Waals surface area contributed by atoms with Gasteiger partial charge in [-0.2, -0.15) is 0 Å². The molecule has 0 saturated heterocycles. The second-order valence-electron chi connectivity index (χ2n) is 3.00. The average Bonchev–Trinajstić information content (AvgIpc) is 2.28. The maximum Gasteiger partial charge on any atom is 0.165 e. The average molecular weight is 210 g/mol. The highest BCUT2D eigenvalue weighted by Gasteiger charge is 2.08. The van der Waals surface area contributed by atoms with Gasteiger partial charge in [-0.1, -0.05) is 0 Å². The fourth-order valence-electron chi connectivity index (χ4n) is 1.21. The van der Waals surface area contributed by atoms with Crippen LogP contribution in [0.3, 0.4) is 0 Å². The lowest BCUT2D eigenvalue weighted by molar-refractivity contribution is 0.0956. The summed E-state index contributed by atoms with van der Waals surface area (Å²) in [7, 11) is 3.05. The highest BCUT2D eigenvalue weighted by Crippen LogP contribution is 2.23. The van der Waals surface area contributed by atoms with Crippen LogP contribution < -0.4 is 9.47 Å². The van der Waals surface area contributed by atoms with Crippen LogP contribution in [-0.2, 0) is 0 Å². The van der Waals surface area contributed by atoms with Crippen molar-refractivity contribution in [1.29, 1.82) is 0 Å². The van der Waals surface area contributed by atoms with Crippen LogP contribution in [0.1, 0.15) is 16.8 Å². The highest BCUT2D eigenvalue weighted by molar-refractivity contribution is 5.96. The lowest BCUT2D eigenvalue weighted by atomic mass is 10.1. The van der Waals surface area contributed by atoms with Crippen molar-refractivity contribution in [3.05, 3.63) is 23.8 Å². The summed E-state index contributed by atoms with van der Waals surface area (Å²) in [5.41, 5.74) is 0.486. The molecule has 0 heterocycles. The number of aliphatic hydroxyl groups is 1. The topological polar surface area (TPSA) is 55.8 Å². The third-order valence-corrected chi connectivity index (χ3v) is 2.01. The monoisotopic (exact) mass is 210 g/mol. The first-order chi connectivity index (χ1) is 7.21. The zero-order chi connectivity index (χ0) is 11.3. The van der Waals surface area contributed by atoms with Gasteiger partial charge >= 0.3 is 0 Å². The first-order valence-electron chi connectivity index (χ1n) is 4.58. The van der Waals surface area contributed by atoms with Crippen LogP contribution in [-0.4, -0.2) is 31.7 Å². The smallest absolute Gasteiger partial charge is 0.165 e. The first kappa shape index (κ1) is 11.5. The quantitative estimate of drug-likeness (QED) is 0.743. The van der Waals surface area contributed by atoms with Gasteiger partial charge in [0, 0.05) is 18.1 Å². The predicted molar refractivity (Wildman–Crippen MR) is 55.6 cm³/mol. The molecule has 0 fully saturated rings. The van der Waals surface area contributed by atoms with E-state index in [1.54, 1.807) is 18.2 Å². The van der Waals surface area contributed by atoms with E-state index in [4.69, 9.17) is 14.6 Å². The summed E-state index contributed by atoms with van der Waals surface area (Å²) in [6.07, 6.45) is 0.107. The molecule has 0 amide bonds. The molecule has 0 bridgehead atoms. The molecule has 4 nitrogen and oxygen atoms in total. The molecular weight excluding hydrogens is 196 g/mol. The third-order valence-electron chi connectivity index (χ3n) is 2.01. The van der Waals surface area contributed by atoms with E-state index < -0.39 is 0 Å². The molecule has 1 aromatic carbocycles. The molecule has 1 N–H and O–H groups in total. The maximum atomic E-state index is 11.5. The molecule has 1 rings (SSSR count). The lowest BCUT2D eigenvalue weighted by Gasteiger charge is -2.07. The zero-order valence-corrected chi connectivity index (χ0v) is 8.82. The number of aliphatic hydroxyl groups excluding tert-OH is 1. The summed E-state index contributed by atoms with van der Waals surface area (Å²) in [5.74, 6) is 1.00. The molecule has 0 aromatic heterocycles. The molecule has 0 unspecified atom stereocenters.